The summed E-state index contributed by atoms with van der Waals surface area (Å²) < 4.78 is 8.23. The van der Waals surface area contributed by atoms with Gasteiger partial charge < -0.3 is 14.6 Å². The number of aryl methyl sites for hydroxylation is 1. The molecule has 0 amide bonds. The Morgan fingerprint density at radius 2 is 2.32 bits per heavy atom. The number of hydrogen-bond donors (Lipinski definition) is 1. The first-order valence-corrected chi connectivity index (χ1v) is 7.63. The number of rotatable bonds is 7. The molecule has 19 heavy (non-hydrogen) atoms. The molecule has 0 spiro atoms. The molecule has 0 saturated carbocycles. The fourth-order valence-electron chi connectivity index (χ4n) is 2.83. The van der Waals surface area contributed by atoms with E-state index in [1.807, 2.05) is 6.20 Å². The summed E-state index contributed by atoms with van der Waals surface area (Å²) >= 11 is 0. The van der Waals surface area contributed by atoms with Gasteiger partial charge in [-0.05, 0) is 31.7 Å². The van der Waals surface area contributed by atoms with Crippen molar-refractivity contribution in [2.24, 2.45) is 5.92 Å². The van der Waals surface area contributed by atoms with Crippen molar-refractivity contribution >= 4 is 0 Å². The Bertz CT molecular complexity index is 377. The second kappa shape index (κ2) is 7.06. The molecule has 1 fully saturated rings. The van der Waals surface area contributed by atoms with Crippen molar-refractivity contribution in [2.45, 2.75) is 58.7 Å². The van der Waals surface area contributed by atoms with E-state index in [9.17, 15) is 0 Å². The Morgan fingerprint density at radius 1 is 1.47 bits per heavy atom. The molecular formula is C15H27N3O. The molecule has 2 heterocycles. The Morgan fingerprint density at radius 3 is 2.95 bits per heavy atom. The van der Waals surface area contributed by atoms with E-state index in [0.29, 0.717) is 5.92 Å². The molecule has 108 valence electrons. The van der Waals surface area contributed by atoms with Gasteiger partial charge in [0.2, 0.25) is 0 Å². The summed E-state index contributed by atoms with van der Waals surface area (Å²) in [6.07, 6.45) is 7.66. The van der Waals surface area contributed by atoms with Crippen molar-refractivity contribution in [2.75, 3.05) is 13.2 Å². The zero-order chi connectivity index (χ0) is 13.7. The van der Waals surface area contributed by atoms with Crippen molar-refractivity contribution in [1.82, 2.24) is 14.9 Å². The van der Waals surface area contributed by atoms with E-state index >= 15 is 0 Å². The lowest BCUT2D eigenvalue weighted by Crippen LogP contribution is -2.37. The summed E-state index contributed by atoms with van der Waals surface area (Å²) in [6, 6.07) is 0.221. The highest BCUT2D eigenvalue weighted by Crippen LogP contribution is 2.30. The fourth-order valence-corrected chi connectivity index (χ4v) is 2.83. The summed E-state index contributed by atoms with van der Waals surface area (Å²) in [6.45, 7) is 9.60. The fraction of sp³-hybridized carbons (Fsp3) is 0.800. The smallest absolute Gasteiger partial charge is 0.128 e. The molecule has 2 rings (SSSR count). The molecule has 0 aliphatic carbocycles. The van der Waals surface area contributed by atoms with Gasteiger partial charge in [-0.3, -0.25) is 0 Å². The Labute approximate surface area is 116 Å². The van der Waals surface area contributed by atoms with Gasteiger partial charge in [0, 0.05) is 25.5 Å². The van der Waals surface area contributed by atoms with E-state index in [2.05, 4.69) is 41.8 Å². The van der Waals surface area contributed by atoms with E-state index in [1.54, 1.807) is 0 Å². The lowest BCUT2D eigenvalue weighted by atomic mass is 9.97. The summed E-state index contributed by atoms with van der Waals surface area (Å²) in [4.78, 5) is 4.59. The lowest BCUT2D eigenvalue weighted by molar-refractivity contribution is 0.0569. The topological polar surface area (TPSA) is 39.1 Å². The van der Waals surface area contributed by atoms with Gasteiger partial charge in [0.25, 0.3) is 0 Å². The summed E-state index contributed by atoms with van der Waals surface area (Å²) in [5, 5.41) is 3.63. The second-order valence-electron chi connectivity index (χ2n) is 5.51. The normalized spacial score (nSPS) is 24.8. The van der Waals surface area contributed by atoms with Gasteiger partial charge in [0.05, 0.1) is 12.1 Å². The summed E-state index contributed by atoms with van der Waals surface area (Å²) in [5.74, 6) is 1.73. The van der Waals surface area contributed by atoms with E-state index in [4.69, 9.17) is 4.74 Å². The second-order valence-corrected chi connectivity index (χ2v) is 5.51. The third kappa shape index (κ3) is 3.37. The predicted octanol–water partition coefficient (Wildman–Crippen LogP) is 2.76. The molecule has 0 bridgehead atoms. The largest absolute Gasteiger partial charge is 0.376 e. The quantitative estimate of drug-likeness (QED) is 0.824. The molecule has 3 unspecified atom stereocenters. The van der Waals surface area contributed by atoms with Crippen LogP contribution >= 0.6 is 0 Å². The predicted molar refractivity (Wildman–Crippen MR) is 77.1 cm³/mol. The zero-order valence-corrected chi connectivity index (χ0v) is 12.4. The van der Waals surface area contributed by atoms with Crippen LogP contribution in [-0.4, -0.2) is 28.8 Å². The van der Waals surface area contributed by atoms with Crippen LogP contribution < -0.4 is 5.32 Å². The van der Waals surface area contributed by atoms with Crippen LogP contribution in [0, 0.1) is 5.92 Å². The minimum atomic E-state index is 0.221. The van der Waals surface area contributed by atoms with Crippen LogP contribution in [0.3, 0.4) is 0 Å². The third-order valence-electron chi connectivity index (χ3n) is 3.88. The molecule has 1 saturated heterocycles. The molecular weight excluding hydrogens is 238 g/mol. The van der Waals surface area contributed by atoms with E-state index in [1.165, 1.54) is 0 Å². The standard InChI is InChI=1S/C15H27N3O/c1-4-7-16-13(14-12(3)6-11-19-14)15-17-8-10-18(15)9-5-2/h8,10,12-14,16H,4-7,9,11H2,1-3H3. The van der Waals surface area contributed by atoms with Gasteiger partial charge in [-0.1, -0.05) is 20.8 Å². The molecule has 0 radical (unpaired) electrons. The maximum atomic E-state index is 5.97. The number of hydrogen-bond acceptors (Lipinski definition) is 3. The van der Waals surface area contributed by atoms with Gasteiger partial charge in [-0.2, -0.15) is 0 Å². The van der Waals surface area contributed by atoms with E-state index in [-0.39, 0.29) is 12.1 Å². The van der Waals surface area contributed by atoms with Crippen molar-refractivity contribution in [3.8, 4) is 0 Å². The van der Waals surface area contributed by atoms with Crippen LogP contribution in [0.25, 0.3) is 0 Å². The number of nitrogens with one attached hydrogen (secondary N) is 1. The maximum absolute atomic E-state index is 5.97. The van der Waals surface area contributed by atoms with Gasteiger partial charge in [-0.25, -0.2) is 4.98 Å². The van der Waals surface area contributed by atoms with Gasteiger partial charge in [-0.15, -0.1) is 0 Å². The molecule has 1 aliphatic rings. The van der Waals surface area contributed by atoms with Crippen molar-refractivity contribution in [3.63, 3.8) is 0 Å². The molecule has 1 N–H and O–H groups in total. The molecule has 1 aromatic heterocycles. The molecule has 4 heteroatoms. The summed E-state index contributed by atoms with van der Waals surface area (Å²) in [5.41, 5.74) is 0. The lowest BCUT2D eigenvalue weighted by Gasteiger charge is -2.27. The first-order chi connectivity index (χ1) is 9.27. The maximum Gasteiger partial charge on any atom is 0.128 e. The van der Waals surface area contributed by atoms with Gasteiger partial charge in [0.15, 0.2) is 0 Å². The van der Waals surface area contributed by atoms with E-state index in [0.717, 1.165) is 44.8 Å². The minimum absolute atomic E-state index is 0.221. The molecule has 4 nitrogen and oxygen atoms in total. The Kier molecular flexibility index (Phi) is 5.40. The van der Waals surface area contributed by atoms with Crippen LogP contribution in [0.1, 0.15) is 51.9 Å². The third-order valence-corrected chi connectivity index (χ3v) is 3.88. The van der Waals surface area contributed by atoms with Crippen LogP contribution in [0.15, 0.2) is 12.4 Å². The van der Waals surface area contributed by atoms with Crippen LogP contribution in [0.2, 0.25) is 0 Å². The number of nitrogens with zero attached hydrogens (tertiary/aromatic N) is 2. The molecule has 3 atom stereocenters. The number of imidazole rings is 1. The van der Waals surface area contributed by atoms with E-state index < -0.39 is 0 Å². The Balaban J connectivity index is 2.18. The van der Waals surface area contributed by atoms with Crippen LogP contribution in [0.4, 0.5) is 0 Å². The molecule has 1 aromatic rings. The van der Waals surface area contributed by atoms with Crippen LogP contribution in [-0.2, 0) is 11.3 Å². The van der Waals surface area contributed by atoms with Gasteiger partial charge in [0.1, 0.15) is 5.82 Å². The first kappa shape index (κ1) is 14.5. The zero-order valence-electron chi connectivity index (χ0n) is 12.4. The van der Waals surface area contributed by atoms with Crippen molar-refractivity contribution in [1.29, 1.82) is 0 Å². The van der Waals surface area contributed by atoms with Crippen LogP contribution in [0.5, 0.6) is 0 Å². The SMILES string of the molecule is CCCNC(c1nccn1CCC)C1OCCC1C. The highest BCUT2D eigenvalue weighted by atomic mass is 16.5. The highest BCUT2D eigenvalue weighted by molar-refractivity contribution is 5.04. The highest BCUT2D eigenvalue weighted by Gasteiger charge is 2.34. The average molecular weight is 265 g/mol. The van der Waals surface area contributed by atoms with Gasteiger partial charge >= 0.3 is 0 Å². The van der Waals surface area contributed by atoms with Crippen molar-refractivity contribution < 1.29 is 4.74 Å². The minimum Gasteiger partial charge on any atom is -0.376 e. The number of aromatic nitrogens is 2. The van der Waals surface area contributed by atoms with Crippen molar-refractivity contribution in [3.05, 3.63) is 18.2 Å². The molecule has 0 aromatic carbocycles. The Hall–Kier alpha value is -0.870. The molecule has 1 aliphatic heterocycles. The monoisotopic (exact) mass is 265 g/mol. The summed E-state index contributed by atoms with van der Waals surface area (Å²) in [7, 11) is 0. The first-order valence-electron chi connectivity index (χ1n) is 7.63. The average Bonchev–Trinajstić information content (AvgIpc) is 3.01. The number of ether oxygens (including phenoxy) is 1.